The monoisotopic (exact) mass is 229 g/mol. The van der Waals surface area contributed by atoms with E-state index < -0.39 is 11.8 Å². The van der Waals surface area contributed by atoms with E-state index in [9.17, 15) is 9.18 Å². The van der Waals surface area contributed by atoms with Crippen LogP contribution < -0.4 is 0 Å². The van der Waals surface area contributed by atoms with Gasteiger partial charge in [-0.1, -0.05) is 11.6 Å². The highest BCUT2D eigenvalue weighted by Gasteiger charge is 2.04. The molecule has 0 aromatic carbocycles. The Morgan fingerprint density at radius 3 is 3.13 bits per heavy atom. The summed E-state index contributed by atoms with van der Waals surface area (Å²) in [7, 11) is 0. The van der Waals surface area contributed by atoms with Crippen LogP contribution in [-0.4, -0.2) is 17.6 Å². The van der Waals surface area contributed by atoms with Gasteiger partial charge in [0.2, 0.25) is 0 Å². The normalized spacial score (nSPS) is 10.6. The second-order valence-corrected chi connectivity index (χ2v) is 2.95. The first kappa shape index (κ1) is 11.7. The first-order valence-electron chi connectivity index (χ1n) is 4.30. The van der Waals surface area contributed by atoms with Crippen molar-refractivity contribution in [2.45, 2.75) is 6.92 Å². The highest BCUT2D eigenvalue weighted by molar-refractivity contribution is 6.29. The van der Waals surface area contributed by atoms with E-state index >= 15 is 0 Å². The minimum Gasteiger partial charge on any atom is -0.463 e. The zero-order valence-electron chi connectivity index (χ0n) is 8.04. The number of aromatic nitrogens is 1. The highest BCUT2D eigenvalue weighted by Crippen LogP contribution is 2.15. The second-order valence-electron chi connectivity index (χ2n) is 2.59. The summed E-state index contributed by atoms with van der Waals surface area (Å²) < 4.78 is 17.9. The molecule has 0 saturated carbocycles. The van der Waals surface area contributed by atoms with Gasteiger partial charge in [0.1, 0.15) is 0 Å². The van der Waals surface area contributed by atoms with Crippen LogP contribution >= 0.6 is 11.6 Å². The van der Waals surface area contributed by atoms with Crippen molar-refractivity contribution in [2.24, 2.45) is 0 Å². The van der Waals surface area contributed by atoms with Gasteiger partial charge < -0.3 is 4.74 Å². The van der Waals surface area contributed by atoms with E-state index in [0.29, 0.717) is 0 Å². The lowest BCUT2D eigenvalue weighted by atomic mass is 10.2. The molecule has 3 nitrogen and oxygen atoms in total. The molecule has 0 unspecified atom stereocenters. The minimum absolute atomic E-state index is 0.197. The summed E-state index contributed by atoms with van der Waals surface area (Å²) in [5.41, 5.74) is 0.197. The number of hydrogen-bond donors (Lipinski definition) is 0. The largest absolute Gasteiger partial charge is 0.463 e. The van der Waals surface area contributed by atoms with Crippen LogP contribution in [0.3, 0.4) is 0 Å². The Hall–Kier alpha value is -1.42. The molecular weight excluding hydrogens is 221 g/mol. The van der Waals surface area contributed by atoms with Gasteiger partial charge in [-0.05, 0) is 19.1 Å². The summed E-state index contributed by atoms with van der Waals surface area (Å²) in [5.74, 6) is -1.18. The van der Waals surface area contributed by atoms with Crippen molar-refractivity contribution in [3.05, 3.63) is 34.9 Å². The van der Waals surface area contributed by atoms with Crippen molar-refractivity contribution in [3.8, 4) is 0 Å². The van der Waals surface area contributed by atoms with Gasteiger partial charge in [0.15, 0.2) is 11.0 Å². The fraction of sp³-hybridized carbons (Fsp3) is 0.200. The van der Waals surface area contributed by atoms with E-state index in [4.69, 9.17) is 11.6 Å². The highest BCUT2D eigenvalue weighted by atomic mass is 35.5. The van der Waals surface area contributed by atoms with E-state index in [1.165, 1.54) is 18.3 Å². The lowest BCUT2D eigenvalue weighted by Crippen LogP contribution is -1.99. The maximum atomic E-state index is 13.2. The third-order valence-corrected chi connectivity index (χ3v) is 1.83. The second kappa shape index (κ2) is 5.46. The van der Waals surface area contributed by atoms with Crippen molar-refractivity contribution in [1.29, 1.82) is 0 Å². The van der Waals surface area contributed by atoms with Crippen LogP contribution in [-0.2, 0) is 9.53 Å². The summed E-state index contributed by atoms with van der Waals surface area (Å²) in [6.45, 7) is 1.97. The lowest BCUT2D eigenvalue weighted by molar-refractivity contribution is -0.137. The molecule has 0 amide bonds. The Balaban J connectivity index is 2.81. The number of nitrogens with zero attached hydrogens (tertiary/aromatic N) is 1. The Morgan fingerprint density at radius 1 is 1.73 bits per heavy atom. The predicted molar refractivity (Wildman–Crippen MR) is 54.9 cm³/mol. The molecule has 0 aliphatic carbocycles. The van der Waals surface area contributed by atoms with Crippen molar-refractivity contribution >= 4 is 23.6 Å². The quantitative estimate of drug-likeness (QED) is 0.454. The van der Waals surface area contributed by atoms with E-state index in [1.807, 2.05) is 0 Å². The maximum absolute atomic E-state index is 13.2. The standard InChI is InChI=1S/C10H9ClFNO2/c1-2-15-8(14)4-3-7-5-6-13-10(11)9(7)12/h3-6H,2H2,1H3. The van der Waals surface area contributed by atoms with Gasteiger partial charge >= 0.3 is 5.97 Å². The predicted octanol–water partition coefficient (Wildman–Crippen LogP) is 2.45. The van der Waals surface area contributed by atoms with Crippen LogP contribution in [0.1, 0.15) is 12.5 Å². The van der Waals surface area contributed by atoms with Crippen LogP contribution in [0, 0.1) is 5.82 Å². The zero-order chi connectivity index (χ0) is 11.3. The van der Waals surface area contributed by atoms with E-state index in [1.54, 1.807) is 6.92 Å². The third-order valence-electron chi connectivity index (χ3n) is 1.56. The smallest absolute Gasteiger partial charge is 0.330 e. The number of carbonyl (C=O) groups is 1. The molecule has 80 valence electrons. The van der Waals surface area contributed by atoms with E-state index in [2.05, 4.69) is 9.72 Å². The summed E-state index contributed by atoms with van der Waals surface area (Å²) in [5, 5.41) is -0.221. The molecule has 1 aromatic rings. The minimum atomic E-state index is -0.653. The van der Waals surface area contributed by atoms with Crippen LogP contribution in [0.4, 0.5) is 4.39 Å². The molecular formula is C10H9ClFNO2. The first-order chi connectivity index (χ1) is 7.15. The van der Waals surface area contributed by atoms with Crippen LogP contribution in [0.25, 0.3) is 6.08 Å². The Bertz CT molecular complexity index is 393. The number of ether oxygens (including phenoxy) is 1. The van der Waals surface area contributed by atoms with E-state index in [0.717, 1.165) is 6.08 Å². The average molecular weight is 230 g/mol. The molecule has 5 heteroatoms. The summed E-state index contributed by atoms with van der Waals surface area (Å²) >= 11 is 5.45. The molecule has 1 heterocycles. The molecule has 0 spiro atoms. The Morgan fingerprint density at radius 2 is 2.47 bits per heavy atom. The third kappa shape index (κ3) is 3.32. The molecule has 15 heavy (non-hydrogen) atoms. The van der Waals surface area contributed by atoms with Gasteiger partial charge in [0.25, 0.3) is 0 Å². The number of esters is 1. The van der Waals surface area contributed by atoms with Gasteiger partial charge in [0.05, 0.1) is 6.61 Å². The molecule has 0 aliphatic rings. The molecule has 0 bridgehead atoms. The molecule has 0 N–H and O–H groups in total. The summed E-state index contributed by atoms with van der Waals surface area (Å²) in [4.78, 5) is 14.5. The van der Waals surface area contributed by atoms with Gasteiger partial charge in [-0.3, -0.25) is 0 Å². The summed E-state index contributed by atoms with van der Waals surface area (Å²) in [6.07, 6.45) is 3.79. The average Bonchev–Trinajstić information content (AvgIpc) is 2.21. The van der Waals surface area contributed by atoms with Gasteiger partial charge in [-0.25, -0.2) is 14.2 Å². The van der Waals surface area contributed by atoms with Gasteiger partial charge in [-0.2, -0.15) is 0 Å². The van der Waals surface area contributed by atoms with Crippen molar-refractivity contribution in [3.63, 3.8) is 0 Å². The van der Waals surface area contributed by atoms with Crippen molar-refractivity contribution in [2.75, 3.05) is 6.61 Å². The molecule has 1 aromatic heterocycles. The number of pyridine rings is 1. The fourth-order valence-corrected chi connectivity index (χ4v) is 1.07. The van der Waals surface area contributed by atoms with Crippen LogP contribution in [0.2, 0.25) is 5.15 Å². The lowest BCUT2D eigenvalue weighted by Gasteiger charge is -1.98. The molecule has 0 atom stereocenters. The Labute approximate surface area is 91.5 Å². The van der Waals surface area contributed by atoms with Crippen molar-refractivity contribution in [1.82, 2.24) is 4.98 Å². The van der Waals surface area contributed by atoms with E-state index in [-0.39, 0.29) is 17.3 Å². The topological polar surface area (TPSA) is 39.2 Å². The molecule has 1 rings (SSSR count). The number of hydrogen-bond acceptors (Lipinski definition) is 3. The van der Waals surface area contributed by atoms with Gasteiger partial charge in [-0.15, -0.1) is 0 Å². The maximum Gasteiger partial charge on any atom is 0.330 e. The fourth-order valence-electron chi connectivity index (χ4n) is 0.909. The molecule has 0 fully saturated rings. The number of halogens is 2. The molecule has 0 radical (unpaired) electrons. The van der Waals surface area contributed by atoms with Crippen LogP contribution in [0.5, 0.6) is 0 Å². The number of carbonyl (C=O) groups excluding carboxylic acids is 1. The molecule has 0 aliphatic heterocycles. The molecule has 0 saturated heterocycles. The SMILES string of the molecule is CCOC(=O)C=Cc1ccnc(Cl)c1F. The van der Waals surface area contributed by atoms with Gasteiger partial charge in [0, 0.05) is 17.8 Å². The zero-order valence-corrected chi connectivity index (χ0v) is 8.79. The number of rotatable bonds is 3. The summed E-state index contributed by atoms with van der Waals surface area (Å²) in [6, 6.07) is 1.41. The van der Waals surface area contributed by atoms with Crippen LogP contribution in [0.15, 0.2) is 18.3 Å². The Kier molecular flexibility index (Phi) is 4.24. The first-order valence-corrected chi connectivity index (χ1v) is 4.67. The van der Waals surface area contributed by atoms with Crippen molar-refractivity contribution < 1.29 is 13.9 Å².